The zero-order valence-electron chi connectivity index (χ0n) is 16.2. The van der Waals surface area contributed by atoms with Gasteiger partial charge in [0, 0.05) is 38.8 Å². The van der Waals surface area contributed by atoms with Crippen LogP contribution in [0.2, 0.25) is 0 Å². The maximum atomic E-state index is 12.0. The quantitative estimate of drug-likeness (QED) is 0.773. The lowest BCUT2D eigenvalue weighted by atomic mass is 10.2. The third kappa shape index (κ3) is 9.09. The Bertz CT molecular complexity index is 563. The van der Waals surface area contributed by atoms with Crippen LogP contribution in [0.5, 0.6) is 0 Å². The van der Waals surface area contributed by atoms with Crippen LogP contribution in [0.4, 0.5) is 10.6 Å². The van der Waals surface area contributed by atoms with Gasteiger partial charge in [-0.1, -0.05) is 0 Å². The van der Waals surface area contributed by atoms with E-state index in [1.54, 1.807) is 17.8 Å². The molecule has 1 aromatic rings. The number of carbonyl (C=O) groups is 2. The number of nitrogens with one attached hydrogen (secondary N) is 1. The Hall–Kier alpha value is -2.09. The molecule has 0 aromatic carbocycles. The summed E-state index contributed by atoms with van der Waals surface area (Å²) in [5.74, 6) is 0.430. The molecule has 1 heterocycles. The molecular weight excluding hydrogens is 322 g/mol. The fourth-order valence-corrected chi connectivity index (χ4v) is 1.97. The Labute approximate surface area is 150 Å². The molecule has 25 heavy (non-hydrogen) atoms. The predicted octanol–water partition coefficient (Wildman–Crippen LogP) is 2.03. The van der Waals surface area contributed by atoms with Crippen LogP contribution >= 0.6 is 0 Å². The van der Waals surface area contributed by atoms with E-state index < -0.39 is 5.60 Å². The summed E-state index contributed by atoms with van der Waals surface area (Å²) in [4.78, 5) is 27.3. The molecule has 0 radical (unpaired) electrons. The van der Waals surface area contributed by atoms with E-state index in [9.17, 15) is 9.59 Å². The van der Waals surface area contributed by atoms with Crippen molar-refractivity contribution in [2.45, 2.75) is 45.8 Å². The van der Waals surface area contributed by atoms with Crippen molar-refractivity contribution < 1.29 is 14.3 Å². The second-order valence-electron chi connectivity index (χ2n) is 7.32. The molecule has 1 rings (SSSR count). The molecule has 142 valence electrons. The molecule has 1 aromatic heterocycles. The summed E-state index contributed by atoms with van der Waals surface area (Å²) in [5, 5.41) is 7.08. The standard InChI is InChI=1S/C17H31N5O3/c1-17(2,3)25-16(24)21(6)10-7-8-15(23)18-14-9-11-22(19-14)13-12-20(4)5/h9,11H,7-8,10,12-13H2,1-6H3,(H,18,19,23). The first-order valence-electron chi connectivity index (χ1n) is 8.49. The summed E-state index contributed by atoms with van der Waals surface area (Å²) in [5.41, 5.74) is -0.520. The minimum Gasteiger partial charge on any atom is -0.444 e. The molecule has 0 spiro atoms. The minimum atomic E-state index is -0.520. The van der Waals surface area contributed by atoms with Crippen molar-refractivity contribution in [2.24, 2.45) is 0 Å². The van der Waals surface area contributed by atoms with Crippen LogP contribution in [0.15, 0.2) is 12.3 Å². The molecule has 1 N–H and O–H groups in total. The number of nitrogens with zero attached hydrogens (tertiary/aromatic N) is 4. The third-order valence-corrected chi connectivity index (χ3v) is 3.29. The second-order valence-corrected chi connectivity index (χ2v) is 7.32. The molecule has 0 bridgehead atoms. The highest BCUT2D eigenvalue weighted by atomic mass is 16.6. The Morgan fingerprint density at radius 2 is 1.92 bits per heavy atom. The van der Waals surface area contributed by atoms with Crippen molar-refractivity contribution in [1.29, 1.82) is 0 Å². The van der Waals surface area contributed by atoms with Crippen LogP contribution in [-0.2, 0) is 16.1 Å². The van der Waals surface area contributed by atoms with Gasteiger partial charge in [-0.2, -0.15) is 5.10 Å². The fourth-order valence-electron chi connectivity index (χ4n) is 1.97. The molecule has 0 unspecified atom stereocenters. The van der Waals surface area contributed by atoms with Crippen molar-refractivity contribution in [3.63, 3.8) is 0 Å². The lowest BCUT2D eigenvalue weighted by Gasteiger charge is -2.24. The largest absolute Gasteiger partial charge is 0.444 e. The number of likely N-dealkylation sites (N-methyl/N-ethyl adjacent to an activating group) is 1. The van der Waals surface area contributed by atoms with Gasteiger partial charge >= 0.3 is 6.09 Å². The molecule has 0 saturated heterocycles. The average Bonchev–Trinajstić information content (AvgIpc) is 2.90. The molecule has 8 heteroatoms. The smallest absolute Gasteiger partial charge is 0.410 e. The maximum Gasteiger partial charge on any atom is 0.410 e. The van der Waals surface area contributed by atoms with Gasteiger partial charge in [0.2, 0.25) is 5.91 Å². The van der Waals surface area contributed by atoms with E-state index in [1.165, 1.54) is 4.90 Å². The van der Waals surface area contributed by atoms with E-state index in [1.807, 2.05) is 41.1 Å². The molecule has 0 fully saturated rings. The summed E-state index contributed by atoms with van der Waals surface area (Å²) in [6, 6.07) is 1.78. The molecule has 0 aliphatic heterocycles. The van der Waals surface area contributed by atoms with Gasteiger partial charge in [-0.15, -0.1) is 0 Å². The number of amides is 2. The number of hydrogen-bond acceptors (Lipinski definition) is 5. The number of anilines is 1. The van der Waals surface area contributed by atoms with E-state index in [4.69, 9.17) is 4.74 Å². The third-order valence-electron chi connectivity index (χ3n) is 3.29. The van der Waals surface area contributed by atoms with Crippen LogP contribution in [0.3, 0.4) is 0 Å². The van der Waals surface area contributed by atoms with Gasteiger partial charge in [0.1, 0.15) is 5.60 Å². The number of hydrogen-bond donors (Lipinski definition) is 1. The monoisotopic (exact) mass is 353 g/mol. The first kappa shape index (κ1) is 21.0. The van der Waals surface area contributed by atoms with E-state index in [0.29, 0.717) is 25.2 Å². The molecule has 0 atom stereocenters. The van der Waals surface area contributed by atoms with Crippen LogP contribution < -0.4 is 5.32 Å². The predicted molar refractivity (Wildman–Crippen MR) is 97.5 cm³/mol. The summed E-state index contributed by atoms with van der Waals surface area (Å²) in [6.07, 6.45) is 2.34. The average molecular weight is 353 g/mol. The SMILES string of the molecule is CN(C)CCn1ccc(NC(=O)CCCN(C)C(=O)OC(C)(C)C)n1. The Morgan fingerprint density at radius 1 is 1.24 bits per heavy atom. The summed E-state index contributed by atoms with van der Waals surface area (Å²) < 4.78 is 7.06. The summed E-state index contributed by atoms with van der Waals surface area (Å²) in [6.45, 7) is 7.58. The van der Waals surface area contributed by atoms with Gasteiger partial charge in [-0.25, -0.2) is 4.79 Å². The Kier molecular flexibility index (Phi) is 7.89. The highest BCUT2D eigenvalue weighted by molar-refractivity contribution is 5.89. The van der Waals surface area contributed by atoms with E-state index in [-0.39, 0.29) is 12.0 Å². The topological polar surface area (TPSA) is 79.7 Å². The molecule has 0 aliphatic rings. The molecule has 2 amide bonds. The lowest BCUT2D eigenvalue weighted by Crippen LogP contribution is -2.35. The number of ether oxygens (including phenoxy) is 1. The van der Waals surface area contributed by atoms with Gasteiger partial charge in [0.15, 0.2) is 5.82 Å². The first-order chi connectivity index (χ1) is 11.6. The maximum absolute atomic E-state index is 12.0. The molecule has 0 saturated carbocycles. The number of carbonyl (C=O) groups excluding carboxylic acids is 2. The van der Waals surface area contributed by atoms with Gasteiger partial charge < -0.3 is 19.9 Å². The normalized spacial score (nSPS) is 11.5. The van der Waals surface area contributed by atoms with Crippen LogP contribution in [-0.4, -0.2) is 71.4 Å². The Balaban J connectivity index is 2.30. The van der Waals surface area contributed by atoms with Gasteiger partial charge in [0.05, 0.1) is 6.54 Å². The lowest BCUT2D eigenvalue weighted by molar-refractivity contribution is -0.116. The van der Waals surface area contributed by atoms with Gasteiger partial charge in [0.25, 0.3) is 0 Å². The van der Waals surface area contributed by atoms with E-state index in [2.05, 4.69) is 15.3 Å². The van der Waals surface area contributed by atoms with Crippen LogP contribution in [0.1, 0.15) is 33.6 Å². The summed E-state index contributed by atoms with van der Waals surface area (Å²) >= 11 is 0. The van der Waals surface area contributed by atoms with Crippen molar-refractivity contribution >= 4 is 17.8 Å². The zero-order valence-corrected chi connectivity index (χ0v) is 16.2. The molecule has 8 nitrogen and oxygen atoms in total. The second kappa shape index (κ2) is 9.41. The fraction of sp³-hybridized carbons (Fsp3) is 0.706. The Morgan fingerprint density at radius 3 is 2.52 bits per heavy atom. The summed E-state index contributed by atoms with van der Waals surface area (Å²) in [7, 11) is 5.67. The van der Waals surface area contributed by atoms with Crippen molar-refractivity contribution in [2.75, 3.05) is 39.5 Å². The molecular formula is C17H31N5O3. The van der Waals surface area contributed by atoms with Crippen molar-refractivity contribution in [3.05, 3.63) is 12.3 Å². The van der Waals surface area contributed by atoms with Gasteiger partial charge in [-0.05, 0) is 41.3 Å². The van der Waals surface area contributed by atoms with Crippen LogP contribution in [0, 0.1) is 0 Å². The van der Waals surface area contributed by atoms with Crippen molar-refractivity contribution in [3.8, 4) is 0 Å². The zero-order chi connectivity index (χ0) is 19.0. The highest BCUT2D eigenvalue weighted by Gasteiger charge is 2.19. The van der Waals surface area contributed by atoms with E-state index >= 15 is 0 Å². The highest BCUT2D eigenvalue weighted by Crippen LogP contribution is 2.10. The first-order valence-corrected chi connectivity index (χ1v) is 8.49. The van der Waals surface area contributed by atoms with Crippen LogP contribution in [0.25, 0.3) is 0 Å². The minimum absolute atomic E-state index is 0.115. The number of aromatic nitrogens is 2. The van der Waals surface area contributed by atoms with Crippen molar-refractivity contribution in [1.82, 2.24) is 19.6 Å². The molecule has 0 aliphatic carbocycles. The van der Waals surface area contributed by atoms with E-state index in [0.717, 1.165) is 13.1 Å². The van der Waals surface area contributed by atoms with Gasteiger partial charge in [-0.3, -0.25) is 9.48 Å². The number of rotatable bonds is 8.